The van der Waals surface area contributed by atoms with Gasteiger partial charge in [-0.05, 0) is 48.8 Å². The second kappa shape index (κ2) is 5.36. The number of benzene rings is 1. The first kappa shape index (κ1) is 16.4. The fourth-order valence-corrected chi connectivity index (χ4v) is 3.29. The molecule has 0 amide bonds. The summed E-state index contributed by atoms with van der Waals surface area (Å²) in [5.74, 6) is 0.00495. The fourth-order valence-electron chi connectivity index (χ4n) is 3.29. The molecule has 1 unspecified atom stereocenters. The fraction of sp³-hybridized carbons (Fsp3) is 0.444. The van der Waals surface area contributed by atoms with E-state index in [1.54, 1.807) is 19.1 Å². The molecule has 1 aliphatic rings. The lowest BCUT2D eigenvalue weighted by Gasteiger charge is -2.46. The van der Waals surface area contributed by atoms with Crippen molar-refractivity contribution in [1.29, 1.82) is 0 Å². The molecule has 2 rings (SSSR count). The van der Waals surface area contributed by atoms with E-state index in [9.17, 15) is 14.7 Å². The van der Waals surface area contributed by atoms with Crippen LogP contribution in [0.25, 0.3) is 0 Å². The van der Waals surface area contributed by atoms with Crippen LogP contribution in [0.2, 0.25) is 0 Å². The van der Waals surface area contributed by atoms with Crippen LogP contribution in [0, 0.1) is 12.3 Å². The number of allylic oxidation sites excluding steroid dienone is 1. The zero-order valence-electron chi connectivity index (χ0n) is 13.7. The Labute approximate surface area is 130 Å². The number of hydrogen-bond donors (Lipinski definition) is 1. The number of esters is 1. The molecule has 22 heavy (non-hydrogen) atoms. The van der Waals surface area contributed by atoms with Gasteiger partial charge in [0.1, 0.15) is 11.4 Å². The second-order valence-corrected chi connectivity index (χ2v) is 6.69. The largest absolute Gasteiger partial charge is 0.427 e. The molecule has 0 aromatic heterocycles. The molecule has 0 radical (unpaired) electrons. The first-order chi connectivity index (χ1) is 10.1. The van der Waals surface area contributed by atoms with Crippen molar-refractivity contribution in [3.05, 3.63) is 41.0 Å². The highest BCUT2D eigenvalue weighted by atomic mass is 16.5. The molecule has 0 saturated heterocycles. The van der Waals surface area contributed by atoms with Crippen molar-refractivity contribution < 1.29 is 19.4 Å². The number of ether oxygens (including phenoxy) is 1. The quantitative estimate of drug-likeness (QED) is 0.673. The maximum Gasteiger partial charge on any atom is 0.308 e. The van der Waals surface area contributed by atoms with Gasteiger partial charge in [0.15, 0.2) is 5.78 Å². The smallest absolute Gasteiger partial charge is 0.308 e. The normalized spacial score (nSPS) is 23.9. The van der Waals surface area contributed by atoms with Crippen LogP contribution in [-0.4, -0.2) is 16.9 Å². The summed E-state index contributed by atoms with van der Waals surface area (Å²) >= 11 is 0. The Morgan fingerprint density at radius 1 is 1.23 bits per heavy atom. The monoisotopic (exact) mass is 302 g/mol. The first-order valence-corrected chi connectivity index (χ1v) is 7.31. The molecule has 0 fully saturated rings. The van der Waals surface area contributed by atoms with Gasteiger partial charge >= 0.3 is 5.97 Å². The Balaban J connectivity index is 2.62. The first-order valence-electron chi connectivity index (χ1n) is 7.31. The van der Waals surface area contributed by atoms with Gasteiger partial charge in [-0.2, -0.15) is 0 Å². The molecule has 0 spiro atoms. The summed E-state index contributed by atoms with van der Waals surface area (Å²) in [6.45, 7) is 8.71. The molecular formula is C18H22O4. The van der Waals surface area contributed by atoms with E-state index in [1.165, 1.54) is 13.0 Å². The third-order valence-electron chi connectivity index (χ3n) is 4.27. The third kappa shape index (κ3) is 2.71. The van der Waals surface area contributed by atoms with Crippen LogP contribution >= 0.6 is 0 Å². The van der Waals surface area contributed by atoms with E-state index in [0.29, 0.717) is 16.9 Å². The van der Waals surface area contributed by atoms with E-state index in [-0.39, 0.29) is 12.2 Å². The van der Waals surface area contributed by atoms with Gasteiger partial charge < -0.3 is 9.84 Å². The van der Waals surface area contributed by atoms with Crippen LogP contribution in [0.4, 0.5) is 0 Å². The minimum Gasteiger partial charge on any atom is -0.427 e. The summed E-state index contributed by atoms with van der Waals surface area (Å²) < 4.78 is 5.16. The van der Waals surface area contributed by atoms with Crippen molar-refractivity contribution in [3.8, 4) is 5.75 Å². The third-order valence-corrected chi connectivity index (χ3v) is 4.27. The molecule has 1 aromatic carbocycles. The number of carbonyl (C=O) groups is 2. The lowest BCUT2D eigenvalue weighted by molar-refractivity contribution is -0.131. The molecule has 4 heteroatoms. The Bertz CT molecular complexity index is 670. The summed E-state index contributed by atoms with van der Waals surface area (Å²) in [6, 6.07) is 5.28. The van der Waals surface area contributed by atoms with Gasteiger partial charge in [-0.3, -0.25) is 9.59 Å². The Hall–Kier alpha value is -1.94. The molecule has 0 aliphatic heterocycles. The zero-order chi connectivity index (χ0) is 16.7. The van der Waals surface area contributed by atoms with Crippen LogP contribution in [0.15, 0.2) is 29.8 Å². The topological polar surface area (TPSA) is 63.6 Å². The average molecular weight is 302 g/mol. The van der Waals surface area contributed by atoms with Crippen LogP contribution in [0.1, 0.15) is 45.2 Å². The predicted octanol–water partition coefficient (Wildman–Crippen LogP) is 3.05. The predicted molar refractivity (Wildman–Crippen MR) is 83.5 cm³/mol. The van der Waals surface area contributed by atoms with Crippen LogP contribution in [0.3, 0.4) is 0 Å². The number of ketones is 1. The highest BCUT2D eigenvalue weighted by Crippen LogP contribution is 2.50. The van der Waals surface area contributed by atoms with Crippen LogP contribution in [-0.2, 0) is 15.2 Å². The molecule has 118 valence electrons. The minimum atomic E-state index is -1.28. The van der Waals surface area contributed by atoms with Gasteiger partial charge in [0.05, 0.1) is 0 Å². The van der Waals surface area contributed by atoms with Crippen molar-refractivity contribution >= 4 is 11.8 Å². The summed E-state index contributed by atoms with van der Waals surface area (Å²) in [7, 11) is 0. The van der Waals surface area contributed by atoms with E-state index in [4.69, 9.17) is 4.74 Å². The van der Waals surface area contributed by atoms with E-state index >= 15 is 0 Å². The lowest BCUT2D eigenvalue weighted by Crippen LogP contribution is -2.47. The molecule has 1 N–H and O–H groups in total. The number of aryl methyl sites for hydroxylation is 1. The maximum atomic E-state index is 11.8. The van der Waals surface area contributed by atoms with Crippen molar-refractivity contribution in [2.75, 3.05) is 0 Å². The van der Waals surface area contributed by atoms with Crippen LogP contribution < -0.4 is 4.74 Å². The summed E-state index contributed by atoms with van der Waals surface area (Å²) in [4.78, 5) is 23.0. The minimum absolute atomic E-state index is 0.0139. The van der Waals surface area contributed by atoms with E-state index in [1.807, 2.05) is 26.8 Å². The van der Waals surface area contributed by atoms with Gasteiger partial charge in [0.2, 0.25) is 0 Å². The number of hydrogen-bond acceptors (Lipinski definition) is 4. The number of carbonyl (C=O) groups excluding carboxylic acids is 2. The highest BCUT2D eigenvalue weighted by Gasteiger charge is 2.49. The molecule has 4 nitrogen and oxygen atoms in total. The van der Waals surface area contributed by atoms with Gasteiger partial charge in [-0.1, -0.05) is 19.9 Å². The zero-order valence-corrected chi connectivity index (χ0v) is 13.7. The molecule has 0 bridgehead atoms. The molecule has 0 saturated carbocycles. The summed E-state index contributed by atoms with van der Waals surface area (Å²) in [6.07, 6.45) is 1.76. The van der Waals surface area contributed by atoms with Crippen molar-refractivity contribution in [3.63, 3.8) is 0 Å². The van der Waals surface area contributed by atoms with E-state index < -0.39 is 17.0 Å². The molecule has 1 atom stereocenters. The van der Waals surface area contributed by atoms with Crippen molar-refractivity contribution in [2.45, 2.75) is 46.6 Å². The van der Waals surface area contributed by atoms with Gasteiger partial charge in [0, 0.05) is 18.8 Å². The van der Waals surface area contributed by atoms with E-state index in [0.717, 1.165) is 5.56 Å². The van der Waals surface area contributed by atoms with Crippen LogP contribution in [0.5, 0.6) is 5.75 Å². The Morgan fingerprint density at radius 2 is 1.86 bits per heavy atom. The summed E-state index contributed by atoms with van der Waals surface area (Å²) in [5.41, 5.74) is 0.192. The molecule has 0 heterocycles. The van der Waals surface area contributed by atoms with Gasteiger partial charge in [-0.25, -0.2) is 0 Å². The van der Waals surface area contributed by atoms with Gasteiger partial charge in [-0.15, -0.1) is 0 Å². The van der Waals surface area contributed by atoms with Crippen molar-refractivity contribution in [1.82, 2.24) is 0 Å². The number of rotatable bonds is 2. The Morgan fingerprint density at radius 3 is 2.41 bits per heavy atom. The maximum absolute atomic E-state index is 11.8. The van der Waals surface area contributed by atoms with Gasteiger partial charge in [0.25, 0.3) is 0 Å². The van der Waals surface area contributed by atoms with Crippen molar-refractivity contribution in [2.24, 2.45) is 5.41 Å². The SMILES string of the molecule is CC(=O)Oc1cc(C)cc(C2(O)C(C)=CC(=O)CC2(C)C)c1. The highest BCUT2D eigenvalue weighted by molar-refractivity contribution is 5.92. The molecule has 1 aliphatic carbocycles. The second-order valence-electron chi connectivity index (χ2n) is 6.69. The number of aliphatic hydroxyl groups is 1. The average Bonchev–Trinajstić information content (AvgIpc) is 2.33. The molecular weight excluding hydrogens is 280 g/mol. The summed E-state index contributed by atoms with van der Waals surface area (Å²) in [5, 5.41) is 11.4. The lowest BCUT2D eigenvalue weighted by atomic mass is 9.62. The van der Waals surface area contributed by atoms with E-state index in [2.05, 4.69) is 0 Å². The molecule has 1 aromatic rings. The Kier molecular flexibility index (Phi) is 4.00. The standard InChI is InChI=1S/C18H22O4/c1-11-6-14(9-16(7-11)22-13(3)19)18(21)12(2)8-15(20)10-17(18,4)5/h6-9,21H,10H2,1-5H3.